The van der Waals surface area contributed by atoms with Crippen LogP contribution in [0.3, 0.4) is 0 Å². The van der Waals surface area contributed by atoms with Crippen molar-refractivity contribution in [2.45, 2.75) is 0 Å². The van der Waals surface area contributed by atoms with E-state index in [2.05, 4.69) is 170 Å². The second-order valence-electron chi connectivity index (χ2n) is 13.2. The Morgan fingerprint density at radius 2 is 0.700 bits per heavy atom. The Morgan fingerprint density at radius 3 is 1.30 bits per heavy atom. The van der Waals surface area contributed by atoms with Gasteiger partial charge in [-0.1, -0.05) is 146 Å². The van der Waals surface area contributed by atoms with Gasteiger partial charge < -0.3 is 0 Å². The largest absolute Gasteiger partial charge is 0.135 e. The van der Waals surface area contributed by atoms with Crippen LogP contribution in [0.1, 0.15) is 0 Å². The Balaban J connectivity index is 1.01. The summed E-state index contributed by atoms with van der Waals surface area (Å²) in [5.41, 5.74) is 7.59. The number of hydrogen-bond acceptors (Lipinski definition) is 2. The average Bonchev–Trinajstić information content (AvgIpc) is 3.75. The van der Waals surface area contributed by atoms with Crippen LogP contribution in [0.25, 0.3) is 106 Å². The third-order valence-electron chi connectivity index (χ3n) is 10.5. The fraction of sp³-hybridized carbons (Fsp3) is 0. The van der Waals surface area contributed by atoms with Crippen LogP contribution in [0, 0.1) is 0 Å². The molecule has 0 spiro atoms. The lowest BCUT2D eigenvalue weighted by Gasteiger charge is -2.09. The normalized spacial score (nSPS) is 12.0. The second kappa shape index (κ2) is 10.9. The summed E-state index contributed by atoms with van der Waals surface area (Å²) in [5, 5.41) is 13.2. The first-order chi connectivity index (χ1) is 24.8. The quantitative estimate of drug-likeness (QED) is 0.176. The molecule has 0 radical (unpaired) electrons. The molecule has 232 valence electrons. The second-order valence-corrected chi connectivity index (χ2v) is 15.4. The molecule has 2 aromatic heterocycles. The highest BCUT2D eigenvalue weighted by Crippen LogP contribution is 2.46. The van der Waals surface area contributed by atoms with Gasteiger partial charge in [-0.3, -0.25) is 0 Å². The van der Waals surface area contributed by atoms with E-state index in [-0.39, 0.29) is 0 Å². The van der Waals surface area contributed by atoms with Crippen LogP contribution in [0.2, 0.25) is 0 Å². The van der Waals surface area contributed by atoms with Crippen LogP contribution in [0.5, 0.6) is 0 Å². The molecular weight excluding hydrogens is 641 g/mol. The van der Waals surface area contributed by atoms with E-state index < -0.39 is 0 Å². The summed E-state index contributed by atoms with van der Waals surface area (Å²) >= 11 is 3.80. The first kappa shape index (κ1) is 28.1. The minimum absolute atomic E-state index is 1.24. The van der Waals surface area contributed by atoms with Crippen molar-refractivity contribution in [2.75, 3.05) is 0 Å². The Kier molecular flexibility index (Phi) is 6.09. The number of rotatable bonds is 3. The van der Waals surface area contributed by atoms with Crippen molar-refractivity contribution in [1.29, 1.82) is 0 Å². The van der Waals surface area contributed by atoms with Gasteiger partial charge in [0.2, 0.25) is 0 Å². The van der Waals surface area contributed by atoms with Crippen LogP contribution < -0.4 is 0 Å². The standard InChI is InChI=1S/C48H28S2/c1-3-11-35-30(7-1)9-5-13-37(35)32-17-15-29(16-18-32)33-19-21-41-45(27-33)49-43-25-23-40-39(47(41)43)24-26-44-48(40)42-22-20-34(28-46(42)50-44)38-14-6-10-31-8-2-4-12-36(31)38/h1-28H. The lowest BCUT2D eigenvalue weighted by Crippen LogP contribution is -1.83. The highest BCUT2D eigenvalue weighted by Gasteiger charge is 2.16. The molecule has 11 aromatic rings. The van der Waals surface area contributed by atoms with Crippen molar-refractivity contribution < 1.29 is 0 Å². The van der Waals surface area contributed by atoms with Gasteiger partial charge in [0.1, 0.15) is 0 Å². The summed E-state index contributed by atoms with van der Waals surface area (Å²) in [4.78, 5) is 0. The molecular formula is C48H28S2. The zero-order chi connectivity index (χ0) is 32.8. The molecule has 0 aliphatic carbocycles. The van der Waals surface area contributed by atoms with Gasteiger partial charge in [-0.2, -0.15) is 0 Å². The van der Waals surface area contributed by atoms with E-state index in [1.54, 1.807) is 0 Å². The SMILES string of the molecule is c1ccc2c(-c3ccc(-c4ccc5c(c4)sc4ccc6c(ccc7sc8cc(-c9cccc%10ccccc9%10)ccc8c76)c45)cc3)cccc2c1. The summed E-state index contributed by atoms with van der Waals surface area (Å²) in [6, 6.07) is 63.0. The molecule has 0 unspecified atom stereocenters. The third-order valence-corrected chi connectivity index (χ3v) is 12.7. The maximum absolute atomic E-state index is 2.39. The first-order valence-electron chi connectivity index (χ1n) is 17.1. The van der Waals surface area contributed by atoms with Crippen molar-refractivity contribution in [1.82, 2.24) is 0 Å². The molecule has 0 N–H and O–H groups in total. The molecule has 2 heterocycles. The molecule has 0 atom stereocenters. The molecule has 0 saturated heterocycles. The van der Waals surface area contributed by atoms with Crippen LogP contribution in [-0.2, 0) is 0 Å². The van der Waals surface area contributed by atoms with Crippen LogP contribution in [0.15, 0.2) is 170 Å². The van der Waals surface area contributed by atoms with Gasteiger partial charge >= 0.3 is 0 Å². The molecule has 0 aliphatic rings. The van der Waals surface area contributed by atoms with Crippen LogP contribution in [0.4, 0.5) is 0 Å². The van der Waals surface area contributed by atoms with Gasteiger partial charge in [0, 0.05) is 40.3 Å². The topological polar surface area (TPSA) is 0 Å². The number of hydrogen-bond donors (Lipinski definition) is 0. The third kappa shape index (κ3) is 4.23. The van der Waals surface area contributed by atoms with Crippen molar-refractivity contribution in [3.63, 3.8) is 0 Å². The van der Waals surface area contributed by atoms with Crippen molar-refractivity contribution in [3.05, 3.63) is 170 Å². The fourth-order valence-electron chi connectivity index (χ4n) is 8.10. The smallest absolute Gasteiger partial charge is 0.0361 e. The van der Waals surface area contributed by atoms with Crippen molar-refractivity contribution in [3.8, 4) is 33.4 Å². The predicted molar refractivity (Wildman–Crippen MR) is 221 cm³/mol. The molecule has 50 heavy (non-hydrogen) atoms. The van der Waals surface area contributed by atoms with Gasteiger partial charge in [0.25, 0.3) is 0 Å². The lowest BCUT2D eigenvalue weighted by molar-refractivity contribution is 1.63. The van der Waals surface area contributed by atoms with Gasteiger partial charge in [-0.25, -0.2) is 0 Å². The fourth-order valence-corrected chi connectivity index (χ4v) is 10.4. The molecule has 11 rings (SSSR count). The average molecular weight is 669 g/mol. The number of thiophene rings is 2. The summed E-state index contributed by atoms with van der Waals surface area (Å²) in [6.45, 7) is 0. The highest BCUT2D eigenvalue weighted by molar-refractivity contribution is 7.26. The molecule has 0 saturated carbocycles. The molecule has 0 amide bonds. The van der Waals surface area contributed by atoms with E-state index in [4.69, 9.17) is 0 Å². The summed E-state index contributed by atoms with van der Waals surface area (Å²) in [5.74, 6) is 0. The van der Waals surface area contributed by atoms with Crippen molar-refractivity contribution >= 4 is 95.3 Å². The zero-order valence-corrected chi connectivity index (χ0v) is 28.6. The molecule has 0 aliphatic heterocycles. The highest BCUT2D eigenvalue weighted by atomic mass is 32.1. The Labute approximate surface area is 297 Å². The maximum Gasteiger partial charge on any atom is 0.0361 e. The Bertz CT molecular complexity index is 3130. The summed E-state index contributed by atoms with van der Waals surface area (Å²) in [6.07, 6.45) is 0. The van der Waals surface area contributed by atoms with E-state index in [0.29, 0.717) is 0 Å². The molecule has 9 aromatic carbocycles. The van der Waals surface area contributed by atoms with Crippen LogP contribution in [-0.4, -0.2) is 0 Å². The molecule has 0 fully saturated rings. The summed E-state index contributed by atoms with van der Waals surface area (Å²) in [7, 11) is 0. The number of fused-ring (bicyclic) bond motifs is 11. The predicted octanol–water partition coefficient (Wildman–Crippen LogP) is 14.9. The van der Waals surface area contributed by atoms with Crippen molar-refractivity contribution in [2.24, 2.45) is 0 Å². The van der Waals surface area contributed by atoms with Gasteiger partial charge in [0.05, 0.1) is 0 Å². The van der Waals surface area contributed by atoms with E-state index in [1.165, 1.54) is 106 Å². The minimum Gasteiger partial charge on any atom is -0.135 e. The van der Waals surface area contributed by atoms with Gasteiger partial charge in [-0.15, -0.1) is 22.7 Å². The number of benzene rings is 9. The van der Waals surface area contributed by atoms with Gasteiger partial charge in [-0.05, 0) is 90.0 Å². The summed E-state index contributed by atoms with van der Waals surface area (Å²) < 4.78 is 5.35. The monoisotopic (exact) mass is 668 g/mol. The van der Waals surface area contributed by atoms with Gasteiger partial charge in [0.15, 0.2) is 0 Å². The molecule has 0 nitrogen and oxygen atoms in total. The Hall–Kier alpha value is -5.80. The zero-order valence-electron chi connectivity index (χ0n) is 27.0. The van der Waals surface area contributed by atoms with E-state index >= 15 is 0 Å². The minimum atomic E-state index is 1.24. The molecule has 0 bridgehead atoms. The van der Waals surface area contributed by atoms with Crippen LogP contribution >= 0.6 is 22.7 Å². The molecule has 2 heteroatoms. The van der Waals surface area contributed by atoms with E-state index in [0.717, 1.165) is 0 Å². The van der Waals surface area contributed by atoms with E-state index in [9.17, 15) is 0 Å². The lowest BCUT2D eigenvalue weighted by atomic mass is 9.95. The Morgan fingerprint density at radius 1 is 0.260 bits per heavy atom. The van der Waals surface area contributed by atoms with E-state index in [1.807, 2.05) is 22.7 Å². The maximum atomic E-state index is 2.39. The first-order valence-corrected chi connectivity index (χ1v) is 18.7.